The third-order valence-electron chi connectivity index (χ3n) is 4.33. The van der Waals surface area contributed by atoms with Crippen molar-refractivity contribution in [2.24, 2.45) is 5.92 Å². The van der Waals surface area contributed by atoms with E-state index >= 15 is 0 Å². The van der Waals surface area contributed by atoms with E-state index in [1.54, 1.807) is 12.1 Å². The third-order valence-corrected chi connectivity index (χ3v) is 4.33. The lowest BCUT2D eigenvalue weighted by Gasteiger charge is -2.09. The zero-order chi connectivity index (χ0) is 14.7. The first-order chi connectivity index (χ1) is 10.2. The van der Waals surface area contributed by atoms with E-state index in [1.165, 1.54) is 25.7 Å². The highest BCUT2D eigenvalue weighted by Crippen LogP contribution is 2.31. The molecule has 0 aliphatic heterocycles. The quantitative estimate of drug-likeness (QED) is 0.656. The van der Waals surface area contributed by atoms with Crippen LogP contribution >= 0.6 is 0 Å². The third kappa shape index (κ3) is 3.84. The molecular formula is C18H22F2O. The first kappa shape index (κ1) is 14.6. The van der Waals surface area contributed by atoms with Gasteiger partial charge in [-0.2, -0.15) is 4.39 Å². The normalized spacial score (nSPS) is 19.5. The summed E-state index contributed by atoms with van der Waals surface area (Å²) in [6.45, 7) is 0. The predicted octanol–water partition coefficient (Wildman–Crippen LogP) is 5.19. The van der Waals surface area contributed by atoms with Crippen molar-refractivity contribution in [3.8, 4) is 5.75 Å². The molecule has 0 heterocycles. The van der Waals surface area contributed by atoms with E-state index < -0.39 is 11.6 Å². The molecule has 3 heteroatoms. The minimum Gasteiger partial charge on any atom is -0.487 e. The van der Waals surface area contributed by atoms with Gasteiger partial charge in [0.05, 0.1) is 6.10 Å². The minimum atomic E-state index is -0.834. The Labute approximate surface area is 125 Å². The van der Waals surface area contributed by atoms with Gasteiger partial charge < -0.3 is 4.74 Å². The fourth-order valence-electron chi connectivity index (χ4n) is 2.90. The van der Waals surface area contributed by atoms with E-state index in [-0.39, 0.29) is 11.9 Å². The number of aryl methyl sites for hydroxylation is 1. The van der Waals surface area contributed by atoms with Crippen molar-refractivity contribution in [2.75, 3.05) is 0 Å². The van der Waals surface area contributed by atoms with E-state index in [2.05, 4.69) is 12.2 Å². The van der Waals surface area contributed by atoms with Crippen LogP contribution in [0, 0.1) is 17.6 Å². The van der Waals surface area contributed by atoms with Gasteiger partial charge in [-0.3, -0.25) is 0 Å². The number of benzene rings is 1. The van der Waals surface area contributed by atoms with Crippen LogP contribution in [0.5, 0.6) is 5.75 Å². The minimum absolute atomic E-state index is 0.0558. The molecule has 114 valence electrons. The maximum absolute atomic E-state index is 14.0. The summed E-state index contributed by atoms with van der Waals surface area (Å²) >= 11 is 0. The van der Waals surface area contributed by atoms with E-state index in [1.807, 2.05) is 0 Å². The van der Waals surface area contributed by atoms with Crippen molar-refractivity contribution >= 4 is 0 Å². The summed E-state index contributed by atoms with van der Waals surface area (Å²) in [6, 6.07) is 3.21. The molecule has 2 aliphatic rings. The Kier molecular flexibility index (Phi) is 4.57. The van der Waals surface area contributed by atoms with Gasteiger partial charge in [0, 0.05) is 0 Å². The van der Waals surface area contributed by atoms with Crippen LogP contribution in [0.1, 0.15) is 50.5 Å². The van der Waals surface area contributed by atoms with Crippen LogP contribution in [-0.2, 0) is 6.42 Å². The lowest BCUT2D eigenvalue weighted by Crippen LogP contribution is -2.02. The molecule has 2 fully saturated rings. The van der Waals surface area contributed by atoms with Crippen molar-refractivity contribution in [2.45, 2.75) is 57.5 Å². The monoisotopic (exact) mass is 292 g/mol. The molecular weight excluding hydrogens is 270 g/mol. The summed E-state index contributed by atoms with van der Waals surface area (Å²) in [7, 11) is 0. The number of ether oxygens (including phenoxy) is 1. The van der Waals surface area contributed by atoms with Crippen LogP contribution in [0.15, 0.2) is 24.3 Å². The van der Waals surface area contributed by atoms with Gasteiger partial charge >= 0.3 is 0 Å². The second kappa shape index (κ2) is 6.59. The van der Waals surface area contributed by atoms with Crippen molar-refractivity contribution in [1.82, 2.24) is 0 Å². The molecule has 0 radical (unpaired) electrons. The molecule has 1 aromatic carbocycles. The molecule has 0 aromatic heterocycles. The fourth-order valence-corrected chi connectivity index (χ4v) is 2.90. The largest absolute Gasteiger partial charge is 0.487 e. The van der Waals surface area contributed by atoms with Gasteiger partial charge in [0.1, 0.15) is 0 Å². The lowest BCUT2D eigenvalue weighted by molar-refractivity contribution is 0.281. The summed E-state index contributed by atoms with van der Waals surface area (Å²) in [6.07, 6.45) is 12.8. The van der Waals surface area contributed by atoms with Gasteiger partial charge in [-0.25, -0.2) is 4.39 Å². The summed E-state index contributed by atoms with van der Waals surface area (Å²) in [5.74, 6) is -0.831. The number of halogens is 2. The summed E-state index contributed by atoms with van der Waals surface area (Å²) in [5, 5.41) is 0. The topological polar surface area (TPSA) is 9.23 Å². The average Bonchev–Trinajstić information content (AvgIpc) is 3.15. The fraction of sp³-hybridized carbons (Fsp3) is 0.556. The molecule has 0 spiro atoms. The second-order valence-electron chi connectivity index (χ2n) is 6.18. The van der Waals surface area contributed by atoms with Crippen molar-refractivity contribution in [1.29, 1.82) is 0 Å². The van der Waals surface area contributed by atoms with Crippen molar-refractivity contribution in [3.05, 3.63) is 41.5 Å². The Bertz CT molecular complexity index is 514. The molecule has 0 bridgehead atoms. The SMILES string of the molecule is Fc1c(CC/C=C/C2CCCC2)ccc(OC2CC2)c1F. The van der Waals surface area contributed by atoms with Crippen LogP contribution in [0.25, 0.3) is 0 Å². The Hall–Kier alpha value is -1.38. The van der Waals surface area contributed by atoms with E-state index in [9.17, 15) is 8.78 Å². The van der Waals surface area contributed by atoms with Crippen molar-refractivity contribution < 1.29 is 13.5 Å². The lowest BCUT2D eigenvalue weighted by atomic mass is 10.0. The van der Waals surface area contributed by atoms with Gasteiger partial charge in [0.25, 0.3) is 0 Å². The van der Waals surface area contributed by atoms with Crippen LogP contribution in [0.4, 0.5) is 8.78 Å². The summed E-state index contributed by atoms with van der Waals surface area (Å²) in [5.41, 5.74) is 0.437. The van der Waals surface area contributed by atoms with Gasteiger partial charge in [-0.15, -0.1) is 0 Å². The van der Waals surface area contributed by atoms with Gasteiger partial charge in [-0.05, 0) is 56.1 Å². The first-order valence-electron chi connectivity index (χ1n) is 8.04. The zero-order valence-corrected chi connectivity index (χ0v) is 12.3. The van der Waals surface area contributed by atoms with Gasteiger partial charge in [0.15, 0.2) is 11.6 Å². The molecule has 2 saturated carbocycles. The van der Waals surface area contributed by atoms with Crippen LogP contribution in [-0.4, -0.2) is 6.10 Å². The van der Waals surface area contributed by atoms with E-state index in [0.717, 1.165) is 19.3 Å². The highest BCUT2D eigenvalue weighted by molar-refractivity contribution is 5.31. The Morgan fingerprint density at radius 3 is 2.52 bits per heavy atom. The highest BCUT2D eigenvalue weighted by atomic mass is 19.2. The second-order valence-corrected chi connectivity index (χ2v) is 6.18. The van der Waals surface area contributed by atoms with Gasteiger partial charge in [-0.1, -0.05) is 31.1 Å². The predicted molar refractivity (Wildman–Crippen MR) is 79.4 cm³/mol. The first-order valence-corrected chi connectivity index (χ1v) is 8.04. The van der Waals surface area contributed by atoms with Gasteiger partial charge in [0.2, 0.25) is 5.82 Å². The molecule has 21 heavy (non-hydrogen) atoms. The molecule has 0 atom stereocenters. The smallest absolute Gasteiger partial charge is 0.200 e. The number of hydrogen-bond donors (Lipinski definition) is 0. The highest BCUT2D eigenvalue weighted by Gasteiger charge is 2.26. The standard InChI is InChI=1S/C18H22F2O/c19-17-14(8-4-3-7-13-5-1-2-6-13)9-12-16(18(17)20)21-15-10-11-15/h3,7,9,12-13,15H,1-2,4-6,8,10-11H2/b7-3+. The van der Waals surface area contributed by atoms with Crippen LogP contribution in [0.3, 0.4) is 0 Å². The molecule has 2 aliphatic carbocycles. The molecule has 0 unspecified atom stereocenters. The maximum Gasteiger partial charge on any atom is 0.200 e. The summed E-state index contributed by atoms with van der Waals surface area (Å²) in [4.78, 5) is 0. The van der Waals surface area contributed by atoms with Crippen LogP contribution < -0.4 is 4.74 Å². The maximum atomic E-state index is 14.0. The molecule has 1 nitrogen and oxygen atoms in total. The van der Waals surface area contributed by atoms with Crippen molar-refractivity contribution in [3.63, 3.8) is 0 Å². The van der Waals surface area contributed by atoms with E-state index in [4.69, 9.17) is 4.74 Å². The molecule has 0 saturated heterocycles. The Morgan fingerprint density at radius 1 is 1.05 bits per heavy atom. The molecule has 0 amide bonds. The molecule has 0 N–H and O–H groups in total. The number of hydrogen-bond acceptors (Lipinski definition) is 1. The Morgan fingerprint density at radius 2 is 1.81 bits per heavy atom. The number of rotatable bonds is 6. The Balaban J connectivity index is 1.55. The molecule has 1 aromatic rings. The number of allylic oxidation sites excluding steroid dienone is 2. The average molecular weight is 292 g/mol. The molecule has 3 rings (SSSR count). The van der Waals surface area contributed by atoms with Crippen LogP contribution in [0.2, 0.25) is 0 Å². The zero-order valence-electron chi connectivity index (χ0n) is 12.3. The van der Waals surface area contributed by atoms with E-state index in [0.29, 0.717) is 17.9 Å². The summed E-state index contributed by atoms with van der Waals surface area (Å²) < 4.78 is 33.2.